The number of rotatable bonds is 5. The Morgan fingerprint density at radius 2 is 1.92 bits per heavy atom. The van der Waals surface area contributed by atoms with Gasteiger partial charge in [0.2, 0.25) is 0 Å². The Balaban J connectivity index is 1.66. The molecule has 1 N–H and O–H groups in total. The SMILES string of the molecule is Cc1ccc(OCC(=O)Nc2cccc(Cl)c2N2CCCC2)cc1C. The second-order valence-electron chi connectivity index (χ2n) is 6.41. The van der Waals surface area contributed by atoms with Crippen LogP contribution in [0.1, 0.15) is 24.0 Å². The number of para-hydroxylation sites is 1. The zero-order chi connectivity index (χ0) is 17.8. The van der Waals surface area contributed by atoms with Crippen LogP contribution in [0.25, 0.3) is 0 Å². The van der Waals surface area contributed by atoms with Gasteiger partial charge in [-0.1, -0.05) is 23.7 Å². The highest BCUT2D eigenvalue weighted by Crippen LogP contribution is 2.35. The summed E-state index contributed by atoms with van der Waals surface area (Å²) in [6.07, 6.45) is 2.29. The number of aryl methyl sites for hydroxylation is 2. The van der Waals surface area contributed by atoms with Crippen molar-refractivity contribution in [1.29, 1.82) is 0 Å². The maximum Gasteiger partial charge on any atom is 0.262 e. The van der Waals surface area contributed by atoms with Gasteiger partial charge in [0.1, 0.15) is 5.75 Å². The molecule has 0 saturated carbocycles. The molecular formula is C20H23ClN2O2. The fraction of sp³-hybridized carbons (Fsp3) is 0.350. The highest BCUT2D eigenvalue weighted by Gasteiger charge is 2.19. The van der Waals surface area contributed by atoms with Gasteiger partial charge in [-0.05, 0) is 62.1 Å². The van der Waals surface area contributed by atoms with E-state index >= 15 is 0 Å². The summed E-state index contributed by atoms with van der Waals surface area (Å²) < 4.78 is 5.61. The number of hydrogen-bond donors (Lipinski definition) is 1. The normalized spacial score (nSPS) is 13.8. The molecule has 0 unspecified atom stereocenters. The molecule has 132 valence electrons. The van der Waals surface area contributed by atoms with E-state index in [1.165, 1.54) is 5.56 Å². The minimum absolute atomic E-state index is 0.0333. The lowest BCUT2D eigenvalue weighted by molar-refractivity contribution is -0.118. The van der Waals surface area contributed by atoms with Crippen LogP contribution in [-0.2, 0) is 4.79 Å². The first-order valence-corrected chi connectivity index (χ1v) is 8.96. The molecule has 0 atom stereocenters. The van der Waals surface area contributed by atoms with E-state index in [-0.39, 0.29) is 12.5 Å². The first-order chi connectivity index (χ1) is 12.0. The molecule has 2 aromatic rings. The zero-order valence-electron chi connectivity index (χ0n) is 14.6. The van der Waals surface area contributed by atoms with Gasteiger partial charge in [-0.2, -0.15) is 0 Å². The van der Waals surface area contributed by atoms with E-state index in [0.29, 0.717) is 10.8 Å². The lowest BCUT2D eigenvalue weighted by Crippen LogP contribution is -2.24. The third-order valence-electron chi connectivity index (χ3n) is 4.53. The Morgan fingerprint density at radius 1 is 1.16 bits per heavy atom. The molecule has 5 heteroatoms. The maximum absolute atomic E-state index is 12.3. The Hall–Kier alpha value is -2.20. The van der Waals surface area contributed by atoms with Gasteiger partial charge in [0, 0.05) is 13.1 Å². The van der Waals surface area contributed by atoms with Crippen molar-refractivity contribution in [1.82, 2.24) is 0 Å². The second kappa shape index (κ2) is 7.79. The third kappa shape index (κ3) is 4.26. The summed E-state index contributed by atoms with van der Waals surface area (Å²) in [6.45, 7) is 5.97. The van der Waals surface area contributed by atoms with Crippen molar-refractivity contribution in [2.75, 3.05) is 29.9 Å². The summed E-state index contributed by atoms with van der Waals surface area (Å²) in [5, 5.41) is 3.60. The maximum atomic E-state index is 12.3. The summed E-state index contributed by atoms with van der Waals surface area (Å²) >= 11 is 6.37. The van der Waals surface area contributed by atoms with Gasteiger partial charge in [-0.15, -0.1) is 0 Å². The molecule has 2 aromatic carbocycles. The van der Waals surface area contributed by atoms with Crippen molar-refractivity contribution in [2.24, 2.45) is 0 Å². The summed E-state index contributed by atoms with van der Waals surface area (Å²) in [6, 6.07) is 11.4. The number of nitrogens with one attached hydrogen (secondary N) is 1. The van der Waals surface area contributed by atoms with Crippen LogP contribution in [0.3, 0.4) is 0 Å². The molecule has 3 rings (SSSR count). The molecule has 4 nitrogen and oxygen atoms in total. The molecule has 0 bridgehead atoms. The van der Waals surface area contributed by atoms with Crippen molar-refractivity contribution in [3.8, 4) is 5.75 Å². The lowest BCUT2D eigenvalue weighted by Gasteiger charge is -2.23. The lowest BCUT2D eigenvalue weighted by atomic mass is 10.1. The number of nitrogens with zero attached hydrogens (tertiary/aromatic N) is 1. The van der Waals surface area contributed by atoms with Crippen LogP contribution in [0.5, 0.6) is 5.75 Å². The van der Waals surface area contributed by atoms with Crippen LogP contribution in [0, 0.1) is 13.8 Å². The highest BCUT2D eigenvalue weighted by molar-refractivity contribution is 6.34. The van der Waals surface area contributed by atoms with E-state index in [1.54, 1.807) is 0 Å². The molecular weight excluding hydrogens is 336 g/mol. The smallest absolute Gasteiger partial charge is 0.262 e. The Morgan fingerprint density at radius 3 is 2.64 bits per heavy atom. The molecule has 0 aliphatic carbocycles. The fourth-order valence-electron chi connectivity index (χ4n) is 3.02. The number of amides is 1. The number of ether oxygens (including phenoxy) is 1. The van der Waals surface area contributed by atoms with E-state index in [2.05, 4.69) is 10.2 Å². The largest absolute Gasteiger partial charge is 0.484 e. The van der Waals surface area contributed by atoms with Crippen molar-refractivity contribution in [3.05, 3.63) is 52.5 Å². The van der Waals surface area contributed by atoms with Gasteiger partial charge in [0.25, 0.3) is 5.91 Å². The Kier molecular flexibility index (Phi) is 5.49. The second-order valence-corrected chi connectivity index (χ2v) is 6.82. The predicted molar refractivity (Wildman–Crippen MR) is 103 cm³/mol. The number of carbonyl (C=O) groups is 1. The number of anilines is 2. The molecule has 0 aromatic heterocycles. The number of halogens is 1. The molecule has 1 aliphatic heterocycles. The number of hydrogen-bond acceptors (Lipinski definition) is 3. The van der Waals surface area contributed by atoms with Crippen molar-refractivity contribution in [2.45, 2.75) is 26.7 Å². The molecule has 0 spiro atoms. The van der Waals surface area contributed by atoms with Crippen molar-refractivity contribution < 1.29 is 9.53 Å². The van der Waals surface area contributed by atoms with E-state index in [9.17, 15) is 4.79 Å². The van der Waals surface area contributed by atoms with Gasteiger partial charge in [0.15, 0.2) is 6.61 Å². The third-order valence-corrected chi connectivity index (χ3v) is 4.84. The quantitative estimate of drug-likeness (QED) is 0.850. The molecule has 1 aliphatic rings. The van der Waals surface area contributed by atoms with E-state index in [1.807, 2.05) is 50.2 Å². The first-order valence-electron chi connectivity index (χ1n) is 8.58. The molecule has 25 heavy (non-hydrogen) atoms. The van der Waals surface area contributed by atoms with Crippen LogP contribution in [0.4, 0.5) is 11.4 Å². The van der Waals surface area contributed by atoms with Crippen LogP contribution in [0.2, 0.25) is 5.02 Å². The average molecular weight is 359 g/mol. The summed E-state index contributed by atoms with van der Waals surface area (Å²) in [5.74, 6) is 0.505. The summed E-state index contributed by atoms with van der Waals surface area (Å²) in [7, 11) is 0. The van der Waals surface area contributed by atoms with Crippen LogP contribution in [-0.4, -0.2) is 25.6 Å². The minimum atomic E-state index is -0.194. The average Bonchev–Trinajstić information content (AvgIpc) is 3.10. The Bertz CT molecular complexity index is 770. The Labute approximate surface area is 153 Å². The van der Waals surface area contributed by atoms with Gasteiger partial charge >= 0.3 is 0 Å². The van der Waals surface area contributed by atoms with Crippen LogP contribution >= 0.6 is 11.6 Å². The van der Waals surface area contributed by atoms with Crippen LogP contribution < -0.4 is 15.0 Å². The minimum Gasteiger partial charge on any atom is -0.484 e. The summed E-state index contributed by atoms with van der Waals surface area (Å²) in [5.41, 5.74) is 3.99. The van der Waals surface area contributed by atoms with E-state index < -0.39 is 0 Å². The van der Waals surface area contributed by atoms with Crippen molar-refractivity contribution >= 4 is 28.9 Å². The summed E-state index contributed by atoms with van der Waals surface area (Å²) in [4.78, 5) is 14.5. The topological polar surface area (TPSA) is 41.6 Å². The van der Waals surface area contributed by atoms with Gasteiger partial charge in [-0.3, -0.25) is 4.79 Å². The monoisotopic (exact) mass is 358 g/mol. The van der Waals surface area contributed by atoms with Crippen molar-refractivity contribution in [3.63, 3.8) is 0 Å². The van der Waals surface area contributed by atoms with E-state index in [4.69, 9.17) is 16.3 Å². The van der Waals surface area contributed by atoms with Crippen LogP contribution in [0.15, 0.2) is 36.4 Å². The highest BCUT2D eigenvalue weighted by atomic mass is 35.5. The van der Waals surface area contributed by atoms with Gasteiger partial charge < -0.3 is 15.0 Å². The molecule has 1 saturated heterocycles. The number of carbonyl (C=O) groups excluding carboxylic acids is 1. The first kappa shape index (κ1) is 17.6. The molecule has 1 fully saturated rings. The number of benzene rings is 2. The van der Waals surface area contributed by atoms with Gasteiger partial charge in [-0.25, -0.2) is 0 Å². The molecule has 0 radical (unpaired) electrons. The molecule has 1 heterocycles. The zero-order valence-corrected chi connectivity index (χ0v) is 15.4. The van der Waals surface area contributed by atoms with E-state index in [0.717, 1.165) is 42.9 Å². The predicted octanol–water partition coefficient (Wildman–Crippen LogP) is 4.57. The molecule has 1 amide bonds. The fourth-order valence-corrected chi connectivity index (χ4v) is 3.31. The standard InChI is InChI=1S/C20H23ClN2O2/c1-14-8-9-16(12-15(14)2)25-13-19(24)22-18-7-5-6-17(21)20(18)23-10-3-4-11-23/h5-9,12H,3-4,10-11,13H2,1-2H3,(H,22,24). The van der Waals surface area contributed by atoms with Gasteiger partial charge in [0.05, 0.1) is 16.4 Å².